The zero-order valence-electron chi connectivity index (χ0n) is 17.7. The Morgan fingerprint density at radius 1 is 1.07 bits per heavy atom. The zero-order chi connectivity index (χ0) is 21.3. The minimum atomic E-state index is -3.82. The van der Waals surface area contributed by atoms with Crippen molar-refractivity contribution in [3.05, 3.63) is 46.3 Å². The molecule has 0 saturated carbocycles. The van der Waals surface area contributed by atoms with Crippen molar-refractivity contribution in [3.8, 4) is 0 Å². The van der Waals surface area contributed by atoms with E-state index in [9.17, 15) is 13.2 Å². The van der Waals surface area contributed by atoms with Gasteiger partial charge in [0.2, 0.25) is 10.0 Å². The summed E-state index contributed by atoms with van der Waals surface area (Å²) in [5.41, 5.74) is 4.58. The van der Waals surface area contributed by atoms with Gasteiger partial charge in [-0.1, -0.05) is 12.1 Å². The van der Waals surface area contributed by atoms with E-state index in [0.717, 1.165) is 5.69 Å². The summed E-state index contributed by atoms with van der Waals surface area (Å²) in [5, 5.41) is 0. The van der Waals surface area contributed by atoms with Crippen LogP contribution in [0.25, 0.3) is 0 Å². The number of anilines is 1. The second-order valence-corrected chi connectivity index (χ2v) is 9.36. The van der Waals surface area contributed by atoms with Gasteiger partial charge in [0.05, 0.1) is 6.61 Å². The molecule has 2 aromatic rings. The van der Waals surface area contributed by atoms with Crippen LogP contribution < -0.4 is 4.90 Å². The van der Waals surface area contributed by atoms with E-state index in [1.165, 1.54) is 15.4 Å². The molecule has 8 heteroatoms. The average molecular weight is 420 g/mol. The van der Waals surface area contributed by atoms with Crippen LogP contribution in [0.1, 0.15) is 39.8 Å². The van der Waals surface area contributed by atoms with Gasteiger partial charge in [-0.3, -0.25) is 0 Å². The van der Waals surface area contributed by atoms with Crippen LogP contribution in [0.5, 0.6) is 0 Å². The van der Waals surface area contributed by atoms with Crippen molar-refractivity contribution in [2.75, 3.05) is 37.7 Å². The van der Waals surface area contributed by atoms with Crippen molar-refractivity contribution in [3.63, 3.8) is 0 Å². The van der Waals surface area contributed by atoms with Crippen LogP contribution in [0.2, 0.25) is 0 Å². The monoisotopic (exact) mass is 419 g/mol. The highest BCUT2D eigenvalue weighted by Crippen LogP contribution is 2.29. The summed E-state index contributed by atoms with van der Waals surface area (Å²) in [7, 11) is -3.82. The Morgan fingerprint density at radius 3 is 2.34 bits per heavy atom. The van der Waals surface area contributed by atoms with E-state index in [4.69, 9.17) is 4.74 Å². The van der Waals surface area contributed by atoms with Gasteiger partial charge in [-0.05, 0) is 51.8 Å². The standard InChI is InChI=1S/C21H29N3O4S/c1-6-28-21(25)19-16(4)22-17(5)20(19)29(26,27)24-11-9-23(10-12-24)18-13-14(2)7-8-15(18)3/h7-8,13,22H,6,9-12H2,1-5H3. The summed E-state index contributed by atoms with van der Waals surface area (Å²) < 4.78 is 33.3. The molecule has 1 fully saturated rings. The molecule has 1 aliphatic heterocycles. The van der Waals surface area contributed by atoms with Crippen LogP contribution in [0, 0.1) is 27.7 Å². The molecule has 0 bridgehead atoms. The van der Waals surface area contributed by atoms with Crippen LogP contribution in [0.4, 0.5) is 5.69 Å². The Balaban J connectivity index is 1.86. The van der Waals surface area contributed by atoms with Crippen molar-refractivity contribution >= 4 is 21.7 Å². The molecule has 2 heterocycles. The summed E-state index contributed by atoms with van der Waals surface area (Å²) in [6.07, 6.45) is 0. The number of esters is 1. The van der Waals surface area contributed by atoms with Gasteiger partial charge in [0.25, 0.3) is 0 Å². The van der Waals surface area contributed by atoms with Gasteiger partial charge >= 0.3 is 5.97 Å². The second kappa shape index (κ2) is 8.20. The fraction of sp³-hybridized carbons (Fsp3) is 0.476. The third-order valence-electron chi connectivity index (χ3n) is 5.34. The highest BCUT2D eigenvalue weighted by molar-refractivity contribution is 7.89. The van der Waals surface area contributed by atoms with Crippen molar-refractivity contribution in [2.45, 2.75) is 39.5 Å². The van der Waals surface area contributed by atoms with E-state index >= 15 is 0 Å². The summed E-state index contributed by atoms with van der Waals surface area (Å²) in [6.45, 7) is 11.3. The first-order valence-electron chi connectivity index (χ1n) is 9.85. The first kappa shape index (κ1) is 21.4. The van der Waals surface area contributed by atoms with Crippen molar-refractivity contribution < 1.29 is 17.9 Å². The first-order chi connectivity index (χ1) is 13.7. The van der Waals surface area contributed by atoms with Gasteiger partial charge in [0.1, 0.15) is 10.5 Å². The Morgan fingerprint density at radius 2 is 1.72 bits per heavy atom. The largest absolute Gasteiger partial charge is 0.462 e. The van der Waals surface area contributed by atoms with E-state index in [-0.39, 0.29) is 17.1 Å². The lowest BCUT2D eigenvalue weighted by molar-refractivity contribution is 0.0521. The van der Waals surface area contributed by atoms with Crippen molar-refractivity contribution in [1.82, 2.24) is 9.29 Å². The van der Waals surface area contributed by atoms with Gasteiger partial charge in [0.15, 0.2) is 0 Å². The lowest BCUT2D eigenvalue weighted by Gasteiger charge is -2.36. The second-order valence-electron chi connectivity index (χ2n) is 7.48. The number of carbonyl (C=O) groups is 1. The molecule has 0 aliphatic carbocycles. The topological polar surface area (TPSA) is 82.7 Å². The normalized spacial score (nSPS) is 15.6. The molecule has 1 aromatic heterocycles. The van der Waals surface area contributed by atoms with Gasteiger partial charge in [-0.25, -0.2) is 13.2 Å². The number of nitrogens with zero attached hydrogens (tertiary/aromatic N) is 2. The highest BCUT2D eigenvalue weighted by Gasteiger charge is 2.36. The average Bonchev–Trinajstić information content (AvgIpc) is 2.98. The third kappa shape index (κ3) is 4.04. The number of ether oxygens (including phenoxy) is 1. The molecule has 3 rings (SSSR count). The third-order valence-corrected chi connectivity index (χ3v) is 7.41. The molecular weight excluding hydrogens is 390 g/mol. The number of benzene rings is 1. The van der Waals surface area contributed by atoms with Gasteiger partial charge in [-0.2, -0.15) is 4.31 Å². The van der Waals surface area contributed by atoms with Gasteiger partial charge in [0, 0.05) is 43.3 Å². The van der Waals surface area contributed by atoms with E-state index in [0.29, 0.717) is 37.6 Å². The van der Waals surface area contributed by atoms with E-state index < -0.39 is 16.0 Å². The lowest BCUT2D eigenvalue weighted by Crippen LogP contribution is -2.49. The number of carbonyl (C=O) groups excluding carboxylic acids is 1. The predicted molar refractivity (Wildman–Crippen MR) is 113 cm³/mol. The Hall–Kier alpha value is -2.32. The number of aromatic amines is 1. The molecule has 0 unspecified atom stereocenters. The first-order valence-corrected chi connectivity index (χ1v) is 11.3. The fourth-order valence-corrected chi connectivity index (χ4v) is 5.72. The number of aryl methyl sites for hydroxylation is 4. The molecule has 0 radical (unpaired) electrons. The molecule has 7 nitrogen and oxygen atoms in total. The SMILES string of the molecule is CCOC(=O)c1c(C)[nH]c(C)c1S(=O)(=O)N1CCN(c2cc(C)ccc2C)CC1. The van der Waals surface area contributed by atoms with E-state index in [1.54, 1.807) is 20.8 Å². The fourth-order valence-electron chi connectivity index (χ4n) is 3.89. The van der Waals surface area contributed by atoms with Crippen LogP contribution in [-0.4, -0.2) is 56.5 Å². The molecule has 1 saturated heterocycles. The van der Waals surface area contributed by atoms with Gasteiger partial charge in [-0.15, -0.1) is 0 Å². The lowest BCUT2D eigenvalue weighted by atomic mass is 10.1. The maximum Gasteiger partial charge on any atom is 0.341 e. The Labute approximate surface area is 172 Å². The summed E-state index contributed by atoms with van der Waals surface area (Å²) in [4.78, 5) is 17.6. The summed E-state index contributed by atoms with van der Waals surface area (Å²) in [6, 6.07) is 6.30. The van der Waals surface area contributed by atoms with Crippen LogP contribution >= 0.6 is 0 Å². The molecular formula is C21H29N3O4S. The Kier molecular flexibility index (Phi) is 6.05. The predicted octanol–water partition coefficient (Wildman–Crippen LogP) is 2.94. The molecule has 29 heavy (non-hydrogen) atoms. The molecule has 158 valence electrons. The van der Waals surface area contributed by atoms with Crippen molar-refractivity contribution in [2.24, 2.45) is 0 Å². The number of piperazine rings is 1. The van der Waals surface area contributed by atoms with Crippen LogP contribution in [0.3, 0.4) is 0 Å². The summed E-state index contributed by atoms with van der Waals surface area (Å²) >= 11 is 0. The number of hydrogen-bond donors (Lipinski definition) is 1. The van der Waals surface area contributed by atoms with E-state index in [2.05, 4.69) is 41.9 Å². The number of nitrogens with one attached hydrogen (secondary N) is 1. The molecule has 0 atom stereocenters. The maximum atomic E-state index is 13.4. The van der Waals surface area contributed by atoms with Gasteiger partial charge < -0.3 is 14.6 Å². The number of hydrogen-bond acceptors (Lipinski definition) is 5. The minimum Gasteiger partial charge on any atom is -0.462 e. The van der Waals surface area contributed by atoms with Crippen molar-refractivity contribution in [1.29, 1.82) is 0 Å². The van der Waals surface area contributed by atoms with Crippen LogP contribution in [0.15, 0.2) is 23.1 Å². The Bertz CT molecular complexity index is 1020. The minimum absolute atomic E-state index is 0.0358. The molecule has 1 aliphatic rings. The van der Waals surface area contributed by atoms with Crippen LogP contribution in [-0.2, 0) is 14.8 Å². The molecule has 0 amide bonds. The van der Waals surface area contributed by atoms with E-state index in [1.807, 2.05) is 0 Å². The number of rotatable bonds is 5. The maximum absolute atomic E-state index is 13.4. The quantitative estimate of drug-likeness (QED) is 0.754. The zero-order valence-corrected chi connectivity index (χ0v) is 18.5. The number of H-pyrrole nitrogens is 1. The highest BCUT2D eigenvalue weighted by atomic mass is 32.2. The molecule has 1 aromatic carbocycles. The number of aromatic nitrogens is 1. The molecule has 1 N–H and O–H groups in total. The smallest absolute Gasteiger partial charge is 0.341 e. The number of sulfonamides is 1. The molecule has 0 spiro atoms. The summed E-state index contributed by atoms with van der Waals surface area (Å²) in [5.74, 6) is -0.609.